The van der Waals surface area contributed by atoms with Crippen molar-refractivity contribution < 1.29 is 9.53 Å². The molecule has 1 amide bonds. The quantitative estimate of drug-likeness (QED) is 0.365. The molecule has 1 aliphatic rings. The van der Waals surface area contributed by atoms with Crippen molar-refractivity contribution in [2.24, 2.45) is 0 Å². The van der Waals surface area contributed by atoms with Crippen molar-refractivity contribution in [1.29, 1.82) is 0 Å². The van der Waals surface area contributed by atoms with E-state index in [1.165, 1.54) is 0 Å². The first-order valence-electron chi connectivity index (χ1n) is 12.4. The summed E-state index contributed by atoms with van der Waals surface area (Å²) in [5, 5.41) is 10.1. The highest BCUT2D eigenvalue weighted by Crippen LogP contribution is 2.31. The number of aryl methyl sites for hydroxylation is 1. The highest BCUT2D eigenvalue weighted by atomic mass is 16.5. The highest BCUT2D eigenvalue weighted by molar-refractivity contribution is 5.95. The number of carbonyl (C=O) groups is 1. The molecule has 3 aromatic carbocycles. The molecular formula is C29H28N6O2. The second-order valence-corrected chi connectivity index (χ2v) is 9.50. The molecule has 1 fully saturated rings. The Morgan fingerprint density at radius 3 is 2.57 bits per heavy atom. The fourth-order valence-electron chi connectivity index (χ4n) is 5.03. The number of piperazine rings is 1. The maximum atomic E-state index is 13.3. The summed E-state index contributed by atoms with van der Waals surface area (Å²) in [5.41, 5.74) is 4.37. The van der Waals surface area contributed by atoms with Crippen LogP contribution in [0.2, 0.25) is 0 Å². The van der Waals surface area contributed by atoms with Crippen LogP contribution in [-0.4, -0.2) is 63.2 Å². The Kier molecular flexibility index (Phi) is 5.71. The van der Waals surface area contributed by atoms with Crippen molar-refractivity contribution in [2.45, 2.75) is 19.9 Å². The van der Waals surface area contributed by atoms with Gasteiger partial charge in [-0.15, -0.1) is 10.2 Å². The van der Waals surface area contributed by atoms with Crippen LogP contribution in [-0.2, 0) is 0 Å². The van der Waals surface area contributed by atoms with Crippen molar-refractivity contribution in [1.82, 2.24) is 24.5 Å². The average molecular weight is 493 g/mol. The summed E-state index contributed by atoms with van der Waals surface area (Å²) >= 11 is 0. The van der Waals surface area contributed by atoms with Gasteiger partial charge in [-0.3, -0.25) is 4.79 Å². The van der Waals surface area contributed by atoms with E-state index in [4.69, 9.17) is 9.72 Å². The Balaban J connectivity index is 1.41. The van der Waals surface area contributed by atoms with E-state index in [1.54, 1.807) is 7.11 Å². The zero-order valence-electron chi connectivity index (χ0n) is 21.1. The molecular weight excluding hydrogens is 464 g/mol. The molecule has 1 saturated heterocycles. The van der Waals surface area contributed by atoms with E-state index >= 15 is 0 Å². The van der Waals surface area contributed by atoms with Crippen LogP contribution in [0.15, 0.2) is 72.8 Å². The fraction of sp³-hybridized carbons (Fsp3) is 0.241. The minimum Gasteiger partial charge on any atom is -0.497 e. The number of amides is 1. The van der Waals surface area contributed by atoms with Gasteiger partial charge in [0.2, 0.25) is 5.95 Å². The first-order chi connectivity index (χ1) is 18.0. The van der Waals surface area contributed by atoms with Crippen molar-refractivity contribution in [3.63, 3.8) is 0 Å². The third kappa shape index (κ3) is 4.04. The van der Waals surface area contributed by atoms with Crippen LogP contribution in [0.1, 0.15) is 22.8 Å². The Hall–Kier alpha value is -4.46. The highest BCUT2D eigenvalue weighted by Gasteiger charge is 2.31. The summed E-state index contributed by atoms with van der Waals surface area (Å²) in [6.45, 7) is 6.01. The molecule has 1 unspecified atom stereocenters. The molecule has 6 rings (SSSR count). The number of fused-ring (bicyclic) bond motifs is 3. The molecule has 0 N–H and O–H groups in total. The molecule has 186 valence electrons. The van der Waals surface area contributed by atoms with E-state index in [1.807, 2.05) is 89.0 Å². The Morgan fingerprint density at radius 1 is 0.973 bits per heavy atom. The van der Waals surface area contributed by atoms with E-state index < -0.39 is 0 Å². The van der Waals surface area contributed by atoms with Crippen LogP contribution < -0.4 is 9.64 Å². The minimum atomic E-state index is 0.00243. The molecule has 0 spiro atoms. The van der Waals surface area contributed by atoms with Crippen LogP contribution in [0.4, 0.5) is 5.95 Å². The summed E-state index contributed by atoms with van der Waals surface area (Å²) in [6.07, 6.45) is 0. The van der Waals surface area contributed by atoms with E-state index in [-0.39, 0.29) is 11.9 Å². The molecule has 0 saturated carbocycles. The summed E-state index contributed by atoms with van der Waals surface area (Å²) in [7, 11) is 1.65. The van der Waals surface area contributed by atoms with E-state index in [9.17, 15) is 4.79 Å². The van der Waals surface area contributed by atoms with Crippen LogP contribution >= 0.6 is 0 Å². The average Bonchev–Trinajstić information content (AvgIpc) is 3.38. The van der Waals surface area contributed by atoms with Gasteiger partial charge >= 0.3 is 0 Å². The normalized spacial score (nSPS) is 15.9. The number of ether oxygens (including phenoxy) is 1. The second kappa shape index (κ2) is 9.20. The molecule has 3 heterocycles. The summed E-state index contributed by atoms with van der Waals surface area (Å²) in [6, 6.07) is 23.6. The topological polar surface area (TPSA) is 75.9 Å². The van der Waals surface area contributed by atoms with Crippen molar-refractivity contribution in [3.8, 4) is 17.1 Å². The predicted octanol–water partition coefficient (Wildman–Crippen LogP) is 4.61. The number of rotatable bonds is 4. The zero-order chi connectivity index (χ0) is 25.5. The summed E-state index contributed by atoms with van der Waals surface area (Å²) in [4.78, 5) is 22.5. The first kappa shape index (κ1) is 23.0. The van der Waals surface area contributed by atoms with E-state index in [0.29, 0.717) is 25.5 Å². The lowest BCUT2D eigenvalue weighted by atomic mass is 10.1. The van der Waals surface area contributed by atoms with Gasteiger partial charge in [-0.1, -0.05) is 42.0 Å². The molecule has 5 aromatic rings. The number of methoxy groups -OCH3 is 1. The largest absolute Gasteiger partial charge is 0.497 e. The van der Waals surface area contributed by atoms with Gasteiger partial charge < -0.3 is 14.5 Å². The summed E-state index contributed by atoms with van der Waals surface area (Å²) < 4.78 is 7.48. The van der Waals surface area contributed by atoms with Gasteiger partial charge in [0.05, 0.1) is 12.6 Å². The molecule has 37 heavy (non-hydrogen) atoms. The van der Waals surface area contributed by atoms with Gasteiger partial charge in [-0.25, -0.2) is 9.38 Å². The van der Waals surface area contributed by atoms with Gasteiger partial charge in [0.1, 0.15) is 5.75 Å². The molecule has 0 bridgehead atoms. The predicted molar refractivity (Wildman–Crippen MR) is 144 cm³/mol. The fourth-order valence-corrected chi connectivity index (χ4v) is 5.03. The van der Waals surface area contributed by atoms with Crippen molar-refractivity contribution >= 4 is 28.4 Å². The smallest absolute Gasteiger partial charge is 0.254 e. The molecule has 0 aliphatic carbocycles. The number of para-hydroxylation sites is 1. The standard InChI is InChI=1S/C29H28N6O2/c1-19-11-13-21(14-12-19)28(36)34-16-15-33(18-20(34)2)29-30-25-10-5-4-9-24(25)27-32-31-26(35(27)29)22-7-6-8-23(17-22)37-3/h4-14,17,20H,15-16,18H2,1-3H3. The number of benzene rings is 3. The van der Waals surface area contributed by atoms with Gasteiger partial charge in [0.15, 0.2) is 11.5 Å². The SMILES string of the molecule is COc1cccc(-c2nnc3c4ccccc4nc(N4CCN(C(=O)c5ccc(C)cc5)C(C)C4)n23)c1. The van der Waals surface area contributed by atoms with Crippen LogP contribution in [0.3, 0.4) is 0 Å². The number of carbonyl (C=O) groups excluding carboxylic acids is 1. The zero-order valence-corrected chi connectivity index (χ0v) is 21.1. The molecule has 1 aliphatic heterocycles. The number of hydrogen-bond donors (Lipinski definition) is 0. The van der Waals surface area contributed by atoms with Crippen LogP contribution in [0.5, 0.6) is 5.75 Å². The second-order valence-electron chi connectivity index (χ2n) is 9.50. The van der Waals surface area contributed by atoms with Crippen molar-refractivity contribution in [2.75, 3.05) is 31.6 Å². The Morgan fingerprint density at radius 2 is 1.78 bits per heavy atom. The Bertz CT molecular complexity index is 1610. The summed E-state index contributed by atoms with van der Waals surface area (Å²) in [5.74, 6) is 2.28. The van der Waals surface area contributed by atoms with E-state index in [2.05, 4.69) is 22.0 Å². The Labute approximate surface area is 215 Å². The van der Waals surface area contributed by atoms with Gasteiger partial charge in [-0.05, 0) is 50.2 Å². The van der Waals surface area contributed by atoms with Gasteiger partial charge in [-0.2, -0.15) is 0 Å². The van der Waals surface area contributed by atoms with Crippen molar-refractivity contribution in [3.05, 3.63) is 83.9 Å². The van der Waals surface area contributed by atoms with E-state index in [0.717, 1.165) is 44.9 Å². The van der Waals surface area contributed by atoms with Crippen LogP contribution in [0.25, 0.3) is 27.9 Å². The number of anilines is 1. The molecule has 8 nitrogen and oxygen atoms in total. The lowest BCUT2D eigenvalue weighted by molar-refractivity contribution is 0.0673. The molecule has 1 atom stereocenters. The third-order valence-corrected chi connectivity index (χ3v) is 7.03. The third-order valence-electron chi connectivity index (χ3n) is 7.03. The minimum absolute atomic E-state index is 0.00243. The number of hydrogen-bond acceptors (Lipinski definition) is 6. The number of aromatic nitrogens is 4. The number of nitrogens with zero attached hydrogens (tertiary/aromatic N) is 6. The maximum Gasteiger partial charge on any atom is 0.254 e. The first-order valence-corrected chi connectivity index (χ1v) is 12.4. The lowest BCUT2D eigenvalue weighted by Crippen LogP contribution is -2.54. The monoisotopic (exact) mass is 492 g/mol. The van der Waals surface area contributed by atoms with Crippen LogP contribution in [0, 0.1) is 6.92 Å². The molecule has 8 heteroatoms. The maximum absolute atomic E-state index is 13.3. The molecule has 2 aromatic heterocycles. The van der Waals surface area contributed by atoms with Gasteiger partial charge in [0, 0.05) is 42.2 Å². The van der Waals surface area contributed by atoms with Gasteiger partial charge in [0.25, 0.3) is 5.91 Å². The molecule has 0 radical (unpaired) electrons. The lowest BCUT2D eigenvalue weighted by Gasteiger charge is -2.40.